The average Bonchev–Trinajstić information content (AvgIpc) is 3.48. The summed E-state index contributed by atoms with van der Waals surface area (Å²) in [6, 6.07) is 2.33. The molecule has 0 amide bonds. The van der Waals surface area contributed by atoms with Crippen LogP contribution in [0.5, 0.6) is 0 Å². The maximum Gasteiger partial charge on any atom is 0.335 e. The van der Waals surface area contributed by atoms with E-state index >= 15 is 0 Å². The highest BCUT2D eigenvalue weighted by molar-refractivity contribution is 7.18. The molecule has 2 aliphatic rings. The maximum absolute atomic E-state index is 14.5. The smallest absolute Gasteiger partial charge is 0.335 e. The zero-order valence-corrected chi connectivity index (χ0v) is 22.2. The van der Waals surface area contributed by atoms with E-state index in [0.717, 1.165) is 41.6 Å². The van der Waals surface area contributed by atoms with Crippen LogP contribution in [0.4, 0.5) is 4.39 Å². The van der Waals surface area contributed by atoms with Crippen LogP contribution in [-0.4, -0.2) is 47.2 Å². The van der Waals surface area contributed by atoms with E-state index in [2.05, 4.69) is 20.3 Å². The molecule has 0 spiro atoms. The van der Waals surface area contributed by atoms with Gasteiger partial charge in [0, 0.05) is 18.3 Å². The molecule has 9 nitrogen and oxygen atoms in total. The van der Waals surface area contributed by atoms with Gasteiger partial charge in [-0.1, -0.05) is 28.4 Å². The summed E-state index contributed by atoms with van der Waals surface area (Å²) in [7, 11) is 0. The molecule has 1 aromatic carbocycles. The van der Waals surface area contributed by atoms with Gasteiger partial charge in [-0.05, 0) is 50.7 Å². The first kappa shape index (κ1) is 25.6. The highest BCUT2D eigenvalue weighted by Gasteiger charge is 2.39. The molecule has 3 heterocycles. The zero-order chi connectivity index (χ0) is 26.6. The van der Waals surface area contributed by atoms with Gasteiger partial charge < -0.3 is 14.9 Å². The minimum absolute atomic E-state index is 0.0728. The molecule has 0 aliphatic heterocycles. The second kappa shape index (κ2) is 9.80. The van der Waals surface area contributed by atoms with E-state index in [1.54, 1.807) is 4.68 Å². The van der Waals surface area contributed by atoms with Crippen LogP contribution in [0.15, 0.2) is 24.5 Å². The lowest BCUT2D eigenvalue weighted by Crippen LogP contribution is -2.34. The standard InChI is InChI=1S/C25H22Cl2FN5O4S/c26-15-9-29-10-16(27)22(15)33-18(20(31-32-33)12-1-2-12)11-37-14-3-5-25(36,6-4-14)24-30-21-17(28)7-13(23(34)35)8-19(21)38-24/h7-10,12,14,36H,1-6,11H2,(H,34,35). The van der Waals surface area contributed by atoms with Crippen molar-refractivity contribution in [3.63, 3.8) is 0 Å². The predicted molar refractivity (Wildman–Crippen MR) is 139 cm³/mol. The molecule has 2 fully saturated rings. The SMILES string of the molecule is O=C(O)c1cc(F)c2nc(C3(O)CCC(OCc4c(C5CC5)nnn4-c4c(Cl)cncc4Cl)CC3)sc2c1. The number of fused-ring (bicyclic) bond motifs is 1. The second-order valence-electron chi connectivity index (χ2n) is 9.73. The van der Waals surface area contributed by atoms with E-state index < -0.39 is 17.4 Å². The number of hydrogen-bond acceptors (Lipinski definition) is 8. The molecular weight excluding hydrogens is 556 g/mol. The Hall–Kier alpha value is -2.70. The molecule has 2 aliphatic carbocycles. The average molecular weight is 578 g/mol. The Labute approximate surface area is 230 Å². The van der Waals surface area contributed by atoms with Crippen LogP contribution in [0.3, 0.4) is 0 Å². The number of hydrogen-bond donors (Lipinski definition) is 2. The van der Waals surface area contributed by atoms with Crippen molar-refractivity contribution in [2.45, 2.75) is 62.8 Å². The predicted octanol–water partition coefficient (Wildman–Crippen LogP) is 5.64. The zero-order valence-electron chi connectivity index (χ0n) is 19.9. The summed E-state index contributed by atoms with van der Waals surface area (Å²) in [5.41, 5.74) is 0.859. The van der Waals surface area contributed by atoms with E-state index in [1.165, 1.54) is 18.5 Å². The Balaban J connectivity index is 1.18. The second-order valence-corrected chi connectivity index (χ2v) is 11.6. The van der Waals surface area contributed by atoms with Crippen molar-refractivity contribution in [2.24, 2.45) is 0 Å². The first-order chi connectivity index (χ1) is 18.2. The Bertz CT molecular complexity index is 1530. The number of nitrogens with zero attached hydrogens (tertiary/aromatic N) is 5. The molecule has 2 saturated carbocycles. The van der Waals surface area contributed by atoms with Gasteiger partial charge in [0.2, 0.25) is 0 Å². The Morgan fingerprint density at radius 2 is 1.89 bits per heavy atom. The summed E-state index contributed by atoms with van der Waals surface area (Å²) in [4.78, 5) is 19.6. The van der Waals surface area contributed by atoms with Gasteiger partial charge in [-0.2, -0.15) is 0 Å². The van der Waals surface area contributed by atoms with E-state index in [4.69, 9.17) is 27.9 Å². The van der Waals surface area contributed by atoms with Crippen molar-refractivity contribution in [3.8, 4) is 5.69 Å². The molecule has 0 unspecified atom stereocenters. The van der Waals surface area contributed by atoms with Crippen LogP contribution >= 0.6 is 34.5 Å². The third kappa shape index (κ3) is 4.66. The number of thiazole rings is 1. The van der Waals surface area contributed by atoms with Crippen molar-refractivity contribution in [1.29, 1.82) is 0 Å². The minimum Gasteiger partial charge on any atom is -0.478 e. The number of pyridine rings is 1. The monoisotopic (exact) mass is 577 g/mol. The fourth-order valence-electron chi connectivity index (χ4n) is 4.87. The van der Waals surface area contributed by atoms with Gasteiger partial charge in [0.1, 0.15) is 21.8 Å². The van der Waals surface area contributed by atoms with Crippen LogP contribution in [0.2, 0.25) is 10.0 Å². The molecule has 198 valence electrons. The molecule has 4 aromatic rings. The normalized spacial score (nSPS) is 21.7. The number of aromatic nitrogens is 5. The van der Waals surface area contributed by atoms with Crippen molar-refractivity contribution in [1.82, 2.24) is 25.0 Å². The third-order valence-corrected chi connectivity index (χ3v) is 8.86. The van der Waals surface area contributed by atoms with Gasteiger partial charge in [-0.3, -0.25) is 4.98 Å². The lowest BCUT2D eigenvalue weighted by atomic mass is 9.83. The summed E-state index contributed by atoms with van der Waals surface area (Å²) < 4.78 is 22.8. The first-order valence-corrected chi connectivity index (χ1v) is 13.7. The van der Waals surface area contributed by atoms with Crippen LogP contribution in [0, 0.1) is 5.82 Å². The van der Waals surface area contributed by atoms with Gasteiger partial charge >= 0.3 is 5.97 Å². The number of carboxylic acid groups (broad SMARTS) is 1. The van der Waals surface area contributed by atoms with Gasteiger partial charge in [-0.15, -0.1) is 16.4 Å². The largest absolute Gasteiger partial charge is 0.478 e. The third-order valence-electron chi connectivity index (χ3n) is 7.11. The number of benzene rings is 1. The van der Waals surface area contributed by atoms with Crippen molar-refractivity contribution in [2.75, 3.05) is 0 Å². The summed E-state index contributed by atoms with van der Waals surface area (Å²) in [6.07, 6.45) is 6.83. The molecule has 0 radical (unpaired) electrons. The number of halogens is 3. The number of rotatable bonds is 7. The number of carboxylic acids is 1. The molecule has 2 N–H and O–H groups in total. The van der Waals surface area contributed by atoms with Crippen molar-refractivity contribution in [3.05, 3.63) is 62.3 Å². The molecule has 3 aromatic heterocycles. The van der Waals surface area contributed by atoms with Crippen LogP contribution in [0.25, 0.3) is 15.9 Å². The minimum atomic E-state index is -1.24. The van der Waals surface area contributed by atoms with E-state index in [-0.39, 0.29) is 23.8 Å². The number of carbonyl (C=O) groups is 1. The fourth-order valence-corrected chi connectivity index (χ4v) is 6.56. The van der Waals surface area contributed by atoms with E-state index in [1.807, 2.05) is 0 Å². The lowest BCUT2D eigenvalue weighted by molar-refractivity contribution is -0.0648. The van der Waals surface area contributed by atoms with Gasteiger partial charge in [0.25, 0.3) is 0 Å². The molecule has 13 heteroatoms. The fraction of sp³-hybridized carbons (Fsp3) is 0.400. The molecule has 0 bridgehead atoms. The summed E-state index contributed by atoms with van der Waals surface area (Å²) >= 11 is 13.9. The topological polar surface area (TPSA) is 123 Å². The van der Waals surface area contributed by atoms with Crippen LogP contribution in [-0.2, 0) is 16.9 Å². The van der Waals surface area contributed by atoms with Gasteiger partial charge in [0.15, 0.2) is 5.82 Å². The Morgan fingerprint density at radius 1 is 1.18 bits per heavy atom. The quantitative estimate of drug-likeness (QED) is 0.289. The first-order valence-electron chi connectivity index (χ1n) is 12.1. The van der Waals surface area contributed by atoms with Crippen molar-refractivity contribution >= 4 is 50.7 Å². The van der Waals surface area contributed by atoms with Crippen LogP contribution < -0.4 is 0 Å². The van der Waals surface area contributed by atoms with Crippen molar-refractivity contribution < 1.29 is 24.1 Å². The highest BCUT2D eigenvalue weighted by atomic mass is 35.5. The maximum atomic E-state index is 14.5. The molecule has 0 saturated heterocycles. The van der Waals surface area contributed by atoms with E-state index in [9.17, 15) is 19.4 Å². The number of ether oxygens (including phenoxy) is 1. The van der Waals surface area contributed by atoms with E-state index in [0.29, 0.717) is 57.0 Å². The summed E-state index contributed by atoms with van der Waals surface area (Å²) in [5, 5.41) is 30.4. The van der Waals surface area contributed by atoms with Gasteiger partial charge in [0.05, 0.1) is 44.4 Å². The molecular formula is C25H22Cl2FN5O4S. The number of aromatic carboxylic acids is 1. The highest BCUT2D eigenvalue weighted by Crippen LogP contribution is 2.44. The summed E-state index contributed by atoms with van der Waals surface area (Å²) in [6.45, 7) is 0.251. The molecule has 6 rings (SSSR count). The van der Waals surface area contributed by atoms with Crippen LogP contribution in [0.1, 0.15) is 71.2 Å². The molecule has 0 atom stereocenters. The lowest BCUT2D eigenvalue weighted by Gasteiger charge is -2.34. The Kier molecular flexibility index (Phi) is 6.59. The molecule has 38 heavy (non-hydrogen) atoms. The van der Waals surface area contributed by atoms with Gasteiger partial charge in [-0.25, -0.2) is 18.9 Å². The Morgan fingerprint density at radius 3 is 2.55 bits per heavy atom. The number of aliphatic hydroxyl groups is 1. The summed E-state index contributed by atoms with van der Waals surface area (Å²) in [5.74, 6) is -1.60.